The Morgan fingerprint density at radius 1 is 0.915 bits per heavy atom. The zero-order valence-corrected chi connectivity index (χ0v) is 27.2. The topological polar surface area (TPSA) is 114 Å². The minimum atomic E-state index is -0.395. The predicted octanol–water partition coefficient (Wildman–Crippen LogP) is 5.78. The Labute approximate surface area is 273 Å². The molecular weight excluding hydrogens is 594 g/mol. The summed E-state index contributed by atoms with van der Waals surface area (Å²) in [6.45, 7) is 2.98. The zero-order chi connectivity index (χ0) is 32.6. The van der Waals surface area contributed by atoms with Gasteiger partial charge in [0.15, 0.2) is 17.3 Å². The van der Waals surface area contributed by atoms with E-state index < -0.39 is 5.97 Å². The number of carbonyl (C=O) groups excluding carboxylic acids is 2. The molecule has 2 aromatic heterocycles. The van der Waals surface area contributed by atoms with Crippen LogP contribution in [0.3, 0.4) is 0 Å². The number of aromatic nitrogens is 3. The Balaban J connectivity index is 1.21. The van der Waals surface area contributed by atoms with Crippen molar-refractivity contribution >= 4 is 33.8 Å². The van der Waals surface area contributed by atoms with Gasteiger partial charge in [-0.05, 0) is 85.0 Å². The number of rotatable bonds is 8. The number of fused-ring (bicyclic) bond motifs is 4. The monoisotopic (exact) mass is 633 g/mol. The number of benzene rings is 3. The summed E-state index contributed by atoms with van der Waals surface area (Å²) in [4.78, 5) is 32.4. The molecule has 3 aliphatic rings. The maximum atomic E-state index is 13.8. The van der Waals surface area contributed by atoms with E-state index in [1.807, 2.05) is 36.2 Å². The van der Waals surface area contributed by atoms with Gasteiger partial charge < -0.3 is 34.0 Å². The van der Waals surface area contributed by atoms with Crippen LogP contribution in [0.5, 0.6) is 17.2 Å². The lowest BCUT2D eigenvalue weighted by molar-refractivity contribution is -0.132. The van der Waals surface area contributed by atoms with Crippen LogP contribution in [0, 0.1) is 11.8 Å². The summed E-state index contributed by atoms with van der Waals surface area (Å²) in [6, 6.07) is 18.2. The SMILES string of the molecule is COc1cc(-c2ccc3cc(-c4nc5cc(C(=O)N6CC7CCC6[C@@H]7N)cc(OC)c5n4C)n(CC4CC4)c3c2)ccc1OC(C)=O. The lowest BCUT2D eigenvalue weighted by Crippen LogP contribution is -2.41. The molecule has 0 radical (unpaired) electrons. The van der Waals surface area contributed by atoms with Crippen molar-refractivity contribution in [2.75, 3.05) is 20.8 Å². The molecule has 3 atom stereocenters. The first-order valence-corrected chi connectivity index (χ1v) is 16.4. The third-order valence-electron chi connectivity index (χ3n) is 10.3. The van der Waals surface area contributed by atoms with Gasteiger partial charge in [0, 0.05) is 55.6 Å². The highest BCUT2D eigenvalue weighted by atomic mass is 16.6. The Kier molecular flexibility index (Phi) is 7.02. The van der Waals surface area contributed by atoms with E-state index in [0.29, 0.717) is 41.2 Å². The number of likely N-dealkylation sites (tertiary alicyclic amines) is 1. The van der Waals surface area contributed by atoms with Crippen molar-refractivity contribution in [1.82, 2.24) is 19.0 Å². The molecule has 10 nitrogen and oxygen atoms in total. The smallest absolute Gasteiger partial charge is 0.308 e. The summed E-state index contributed by atoms with van der Waals surface area (Å²) in [5, 5.41) is 1.11. The van der Waals surface area contributed by atoms with Crippen molar-refractivity contribution in [1.29, 1.82) is 0 Å². The van der Waals surface area contributed by atoms with Gasteiger partial charge in [0.2, 0.25) is 0 Å². The molecule has 242 valence electrons. The summed E-state index contributed by atoms with van der Waals surface area (Å²) in [6.07, 6.45) is 4.47. The molecule has 5 aromatic rings. The van der Waals surface area contributed by atoms with Gasteiger partial charge in [0.05, 0.1) is 25.4 Å². The summed E-state index contributed by atoms with van der Waals surface area (Å²) in [7, 11) is 5.22. The second-order valence-corrected chi connectivity index (χ2v) is 13.3. The highest BCUT2D eigenvalue weighted by Crippen LogP contribution is 2.41. The van der Waals surface area contributed by atoms with Crippen LogP contribution in [0.4, 0.5) is 0 Å². The maximum Gasteiger partial charge on any atom is 0.308 e. The quantitative estimate of drug-likeness (QED) is 0.170. The second kappa shape index (κ2) is 11.2. The minimum Gasteiger partial charge on any atom is -0.494 e. The van der Waals surface area contributed by atoms with Gasteiger partial charge in [-0.1, -0.05) is 18.2 Å². The molecule has 3 fully saturated rings. The molecule has 1 saturated heterocycles. The summed E-state index contributed by atoms with van der Waals surface area (Å²) >= 11 is 0. The first kappa shape index (κ1) is 29.6. The van der Waals surface area contributed by atoms with Gasteiger partial charge in [-0.3, -0.25) is 9.59 Å². The maximum absolute atomic E-state index is 13.8. The third kappa shape index (κ3) is 4.93. The highest BCUT2D eigenvalue weighted by molar-refractivity contribution is 6.00. The number of hydrogen-bond acceptors (Lipinski definition) is 7. The van der Waals surface area contributed by atoms with Crippen molar-refractivity contribution in [3.8, 4) is 39.9 Å². The van der Waals surface area contributed by atoms with Crippen molar-refractivity contribution in [2.24, 2.45) is 24.6 Å². The third-order valence-corrected chi connectivity index (χ3v) is 10.3. The fraction of sp³-hybridized carbons (Fsp3) is 0.378. The standard InChI is InChI=1S/C37H39N5O5/c1-20(43)47-31-12-10-23(16-32(31)45-3)22-7-8-24-15-30(41(29(24)14-22)18-21-5-6-21)36-39-27-13-26(17-33(46-4)35(27)40(36)2)37(44)42-19-25-9-11-28(42)34(25)38/h7-8,10,12-17,21,25,28,34H,5-6,9,11,18-19,38H2,1-4H3/t25?,28?,34-/m1/s1. The van der Waals surface area contributed by atoms with E-state index in [1.165, 1.54) is 19.8 Å². The number of carbonyl (C=O) groups is 2. The lowest BCUT2D eigenvalue weighted by atomic mass is 10.0. The van der Waals surface area contributed by atoms with E-state index in [2.05, 4.69) is 33.4 Å². The van der Waals surface area contributed by atoms with Gasteiger partial charge in [-0.25, -0.2) is 4.98 Å². The van der Waals surface area contributed by atoms with Gasteiger partial charge in [0.1, 0.15) is 11.3 Å². The van der Waals surface area contributed by atoms with Crippen molar-refractivity contribution in [2.45, 2.75) is 51.2 Å². The number of methoxy groups -OCH3 is 2. The van der Waals surface area contributed by atoms with Crippen LogP contribution in [-0.2, 0) is 18.4 Å². The van der Waals surface area contributed by atoms with Crippen LogP contribution < -0.4 is 19.9 Å². The van der Waals surface area contributed by atoms with E-state index in [9.17, 15) is 9.59 Å². The van der Waals surface area contributed by atoms with Gasteiger partial charge in [-0.15, -0.1) is 0 Å². The minimum absolute atomic E-state index is 0.00653. The van der Waals surface area contributed by atoms with Gasteiger partial charge in [0.25, 0.3) is 5.91 Å². The zero-order valence-electron chi connectivity index (χ0n) is 27.2. The molecule has 1 amide bonds. The van der Waals surface area contributed by atoms with Crippen LogP contribution in [-0.4, -0.2) is 63.7 Å². The van der Waals surface area contributed by atoms with E-state index in [-0.39, 0.29) is 18.0 Å². The lowest BCUT2D eigenvalue weighted by Gasteiger charge is -2.27. The number of imidazole rings is 1. The van der Waals surface area contributed by atoms with Crippen molar-refractivity contribution in [3.63, 3.8) is 0 Å². The highest BCUT2D eigenvalue weighted by Gasteiger charge is 2.47. The molecule has 10 heteroatoms. The van der Waals surface area contributed by atoms with Crippen LogP contribution in [0.25, 0.3) is 44.6 Å². The molecule has 8 rings (SSSR count). The molecule has 3 aromatic carbocycles. The average molecular weight is 634 g/mol. The largest absolute Gasteiger partial charge is 0.494 e. The Hall–Kier alpha value is -4.83. The Morgan fingerprint density at radius 3 is 2.36 bits per heavy atom. The molecule has 2 saturated carbocycles. The van der Waals surface area contributed by atoms with E-state index in [0.717, 1.165) is 64.0 Å². The Bertz CT molecular complexity index is 2070. The number of nitrogens with two attached hydrogens (primary N) is 1. The predicted molar refractivity (Wildman–Crippen MR) is 180 cm³/mol. The van der Waals surface area contributed by atoms with Gasteiger partial charge >= 0.3 is 5.97 Å². The van der Waals surface area contributed by atoms with Crippen LogP contribution in [0.1, 0.15) is 43.0 Å². The normalized spacial score (nSPS) is 20.4. The number of esters is 1. The first-order chi connectivity index (χ1) is 22.7. The average Bonchev–Trinajstić information content (AvgIpc) is 3.47. The number of piperidine rings is 1. The van der Waals surface area contributed by atoms with E-state index >= 15 is 0 Å². The van der Waals surface area contributed by atoms with Crippen molar-refractivity contribution < 1.29 is 23.8 Å². The number of aryl methyl sites for hydroxylation is 1. The molecule has 2 unspecified atom stereocenters. The van der Waals surface area contributed by atoms with E-state index in [4.69, 9.17) is 24.9 Å². The summed E-state index contributed by atoms with van der Waals surface area (Å²) in [5.41, 5.74) is 12.7. The second-order valence-electron chi connectivity index (χ2n) is 13.3. The first-order valence-electron chi connectivity index (χ1n) is 16.4. The van der Waals surface area contributed by atoms with Crippen LogP contribution >= 0.6 is 0 Å². The molecule has 3 heterocycles. The number of amides is 1. The summed E-state index contributed by atoms with van der Waals surface area (Å²) < 4.78 is 21.2. The molecule has 2 aliphatic carbocycles. The molecule has 2 N–H and O–H groups in total. The number of hydrogen-bond donors (Lipinski definition) is 1. The molecule has 2 bridgehead atoms. The molecular formula is C37H39N5O5. The van der Waals surface area contributed by atoms with Gasteiger partial charge in [-0.2, -0.15) is 0 Å². The van der Waals surface area contributed by atoms with E-state index in [1.54, 1.807) is 20.3 Å². The fourth-order valence-corrected chi connectivity index (χ4v) is 7.73. The fourth-order valence-electron chi connectivity index (χ4n) is 7.73. The summed E-state index contributed by atoms with van der Waals surface area (Å²) in [5.74, 6) is 2.93. The number of nitrogens with zero attached hydrogens (tertiary/aromatic N) is 4. The molecule has 1 aliphatic heterocycles. The Morgan fingerprint density at radius 2 is 1.68 bits per heavy atom. The van der Waals surface area contributed by atoms with Crippen molar-refractivity contribution in [3.05, 3.63) is 60.2 Å². The number of ether oxygens (including phenoxy) is 3. The van der Waals surface area contributed by atoms with Crippen LogP contribution in [0.15, 0.2) is 54.6 Å². The molecule has 0 spiro atoms. The van der Waals surface area contributed by atoms with Crippen LogP contribution in [0.2, 0.25) is 0 Å². The molecule has 47 heavy (non-hydrogen) atoms.